The molecule has 35 heavy (non-hydrogen) atoms. The number of hydrogen-bond donors (Lipinski definition) is 0. The molecule has 0 aliphatic heterocycles. The number of methoxy groups -OCH3 is 1. The molecule has 6 heteroatoms. The van der Waals surface area contributed by atoms with Crippen molar-refractivity contribution in [1.29, 1.82) is 0 Å². The van der Waals surface area contributed by atoms with Crippen molar-refractivity contribution in [1.82, 2.24) is 0 Å². The third kappa shape index (κ3) is 7.46. The molecule has 0 heterocycles. The Kier molecular flexibility index (Phi) is 10.3. The van der Waals surface area contributed by atoms with Gasteiger partial charge in [0.1, 0.15) is 5.75 Å². The van der Waals surface area contributed by atoms with E-state index < -0.39 is 16.9 Å². The van der Waals surface area contributed by atoms with Crippen molar-refractivity contribution in [3.05, 3.63) is 58.1 Å². The first-order valence-electron chi connectivity index (χ1n) is 12.5. The van der Waals surface area contributed by atoms with Gasteiger partial charge in [0.05, 0.1) is 5.56 Å². The van der Waals surface area contributed by atoms with Crippen LogP contribution in [0.25, 0.3) is 0 Å². The van der Waals surface area contributed by atoms with E-state index in [2.05, 4.69) is 46.8 Å². The van der Waals surface area contributed by atoms with E-state index in [0.29, 0.717) is 10.9 Å². The molecule has 0 bridgehead atoms. The molecule has 0 fully saturated rings. The van der Waals surface area contributed by atoms with Crippen LogP contribution >= 0.6 is 8.58 Å². The Bertz CT molecular complexity index is 979. The van der Waals surface area contributed by atoms with E-state index in [1.165, 1.54) is 6.07 Å². The first-order chi connectivity index (χ1) is 16.3. The summed E-state index contributed by atoms with van der Waals surface area (Å²) in [5, 5.41) is -0.0996. The van der Waals surface area contributed by atoms with Crippen LogP contribution in [-0.2, 0) is 21.5 Å². The molecule has 0 N–H and O–H groups in total. The van der Waals surface area contributed by atoms with Gasteiger partial charge in [-0.15, -0.1) is 0 Å². The molecule has 2 nitrogen and oxygen atoms in total. The van der Waals surface area contributed by atoms with Gasteiger partial charge in [0.2, 0.25) is 0 Å². The largest absolute Gasteiger partial charge is 0.467 e. The zero-order chi connectivity index (χ0) is 26.4. The summed E-state index contributed by atoms with van der Waals surface area (Å²) >= 11 is 0. The van der Waals surface area contributed by atoms with Crippen LogP contribution in [0, 0.1) is 13.8 Å². The summed E-state index contributed by atoms with van der Waals surface area (Å²) < 4.78 is 53.7. The van der Waals surface area contributed by atoms with Crippen LogP contribution in [0.15, 0.2) is 30.3 Å². The van der Waals surface area contributed by atoms with Crippen LogP contribution in [0.5, 0.6) is 5.75 Å². The second kappa shape index (κ2) is 12.1. The minimum absolute atomic E-state index is 0.0399. The third-order valence-electron chi connectivity index (χ3n) is 6.64. The fraction of sp³-hybridized carbons (Fsp3) is 0.586. The second-order valence-electron chi connectivity index (χ2n) is 10.5. The van der Waals surface area contributed by atoms with E-state index in [-0.39, 0.29) is 20.8 Å². The molecule has 0 saturated heterocycles. The molecular formula is C29H42F3O2P. The SMILES string of the molecule is CCCCCC(CC)(Pc1ccc(C)cc1C(F)(F)F)c1cc(C(C)(C)C)cc(C)c1OCOC. The third-order valence-corrected chi connectivity index (χ3v) is 8.70. The maximum atomic E-state index is 14.1. The van der Waals surface area contributed by atoms with Crippen molar-refractivity contribution >= 4 is 13.9 Å². The van der Waals surface area contributed by atoms with E-state index in [0.717, 1.165) is 54.5 Å². The number of rotatable bonds is 11. The number of hydrogen-bond acceptors (Lipinski definition) is 2. The second-order valence-corrected chi connectivity index (χ2v) is 12.3. The highest BCUT2D eigenvalue weighted by molar-refractivity contribution is 7.48. The summed E-state index contributed by atoms with van der Waals surface area (Å²) in [5.41, 5.74) is 3.15. The molecule has 0 radical (unpaired) electrons. The number of aryl methyl sites for hydroxylation is 2. The monoisotopic (exact) mass is 510 g/mol. The lowest BCUT2D eigenvalue weighted by Gasteiger charge is -2.38. The first-order valence-corrected chi connectivity index (χ1v) is 13.5. The summed E-state index contributed by atoms with van der Waals surface area (Å²) in [6.07, 6.45) is 0.171. The zero-order valence-corrected chi connectivity index (χ0v) is 23.6. The van der Waals surface area contributed by atoms with Crippen LogP contribution in [0.4, 0.5) is 13.2 Å². The minimum atomic E-state index is -4.39. The zero-order valence-electron chi connectivity index (χ0n) is 22.6. The van der Waals surface area contributed by atoms with Crippen molar-refractivity contribution < 1.29 is 22.6 Å². The normalized spacial score (nSPS) is 14.5. The average Bonchev–Trinajstić information content (AvgIpc) is 2.77. The maximum absolute atomic E-state index is 14.1. The van der Waals surface area contributed by atoms with Crippen LogP contribution in [0.2, 0.25) is 0 Å². The molecule has 0 amide bonds. The summed E-state index contributed by atoms with van der Waals surface area (Å²) in [6, 6.07) is 9.08. The molecule has 2 aromatic carbocycles. The van der Waals surface area contributed by atoms with Gasteiger partial charge in [-0.2, -0.15) is 13.2 Å². The molecule has 196 valence electrons. The lowest BCUT2D eigenvalue weighted by atomic mass is 9.80. The molecule has 0 aromatic heterocycles. The molecule has 2 rings (SSSR count). The Labute approximate surface area is 211 Å². The molecule has 2 atom stereocenters. The van der Waals surface area contributed by atoms with Crippen molar-refractivity contribution in [3.63, 3.8) is 0 Å². The van der Waals surface area contributed by atoms with Crippen molar-refractivity contribution in [3.8, 4) is 5.75 Å². The van der Waals surface area contributed by atoms with Gasteiger partial charge in [0.15, 0.2) is 6.79 Å². The predicted octanol–water partition coefficient (Wildman–Crippen LogP) is 8.79. The number of alkyl halides is 3. The molecule has 0 aliphatic rings. The van der Waals surface area contributed by atoms with Gasteiger partial charge in [0, 0.05) is 17.8 Å². The summed E-state index contributed by atoms with van der Waals surface area (Å²) in [6.45, 7) is 14.6. The van der Waals surface area contributed by atoms with Crippen molar-refractivity contribution in [2.24, 2.45) is 0 Å². The highest BCUT2D eigenvalue weighted by Gasteiger charge is 2.39. The number of halogens is 3. The Morgan fingerprint density at radius 1 is 0.914 bits per heavy atom. The first kappa shape index (κ1) is 29.6. The van der Waals surface area contributed by atoms with E-state index >= 15 is 0 Å². The minimum Gasteiger partial charge on any atom is -0.467 e. The van der Waals surface area contributed by atoms with E-state index in [1.54, 1.807) is 26.2 Å². The Hall–Kier alpha value is -1.58. The lowest BCUT2D eigenvalue weighted by molar-refractivity contribution is -0.136. The molecule has 2 aromatic rings. The van der Waals surface area contributed by atoms with Gasteiger partial charge in [-0.25, -0.2) is 0 Å². The number of benzene rings is 2. The number of unbranched alkanes of at least 4 members (excludes halogenated alkanes) is 2. The van der Waals surface area contributed by atoms with Gasteiger partial charge in [-0.3, -0.25) is 0 Å². The Morgan fingerprint density at radius 2 is 1.60 bits per heavy atom. The standard InChI is InChI=1S/C29H42F3O2P/c1-9-11-12-15-28(10-2,35-25-14-13-20(3)16-23(25)29(30,31)32)24-18-22(27(5,6)7)17-21(4)26(24)34-19-33-8/h13-14,16-18,35H,9-12,15,19H2,1-8H3. The number of ether oxygens (including phenoxy) is 2. The van der Waals surface area contributed by atoms with Crippen LogP contribution < -0.4 is 10.0 Å². The van der Waals surface area contributed by atoms with Gasteiger partial charge < -0.3 is 9.47 Å². The van der Waals surface area contributed by atoms with E-state index in [9.17, 15) is 13.2 Å². The molecule has 0 aliphatic carbocycles. The lowest BCUT2D eigenvalue weighted by Crippen LogP contribution is -2.28. The fourth-order valence-electron chi connectivity index (χ4n) is 4.53. The average molecular weight is 511 g/mol. The summed E-state index contributed by atoms with van der Waals surface area (Å²) in [5.74, 6) is 0.742. The molecule has 2 unspecified atom stereocenters. The summed E-state index contributed by atoms with van der Waals surface area (Å²) in [4.78, 5) is 0. The van der Waals surface area contributed by atoms with E-state index in [4.69, 9.17) is 9.47 Å². The van der Waals surface area contributed by atoms with E-state index in [1.807, 2.05) is 6.92 Å². The Balaban J connectivity index is 2.81. The smallest absolute Gasteiger partial charge is 0.417 e. The molecule has 0 spiro atoms. The topological polar surface area (TPSA) is 18.5 Å². The van der Waals surface area contributed by atoms with Crippen molar-refractivity contribution in [2.45, 2.75) is 97.3 Å². The highest BCUT2D eigenvalue weighted by Crippen LogP contribution is 2.53. The highest BCUT2D eigenvalue weighted by atomic mass is 31.1. The molecular weight excluding hydrogens is 468 g/mol. The van der Waals surface area contributed by atoms with Gasteiger partial charge in [-0.05, 0) is 54.6 Å². The fourth-order valence-corrected chi connectivity index (χ4v) is 6.36. The van der Waals surface area contributed by atoms with Gasteiger partial charge >= 0.3 is 6.18 Å². The maximum Gasteiger partial charge on any atom is 0.417 e. The Morgan fingerprint density at radius 3 is 2.14 bits per heavy atom. The van der Waals surface area contributed by atoms with Crippen LogP contribution in [0.1, 0.15) is 94.5 Å². The van der Waals surface area contributed by atoms with Crippen LogP contribution in [0.3, 0.4) is 0 Å². The van der Waals surface area contributed by atoms with Gasteiger partial charge in [-0.1, -0.05) is 92.3 Å². The quantitative estimate of drug-likeness (QED) is 0.171. The van der Waals surface area contributed by atoms with Crippen molar-refractivity contribution in [2.75, 3.05) is 13.9 Å². The predicted molar refractivity (Wildman–Crippen MR) is 143 cm³/mol. The summed E-state index contributed by atoms with van der Waals surface area (Å²) in [7, 11) is 1.54. The van der Waals surface area contributed by atoms with Gasteiger partial charge in [0.25, 0.3) is 0 Å². The van der Waals surface area contributed by atoms with Crippen LogP contribution in [-0.4, -0.2) is 13.9 Å². The molecule has 0 saturated carbocycles.